The van der Waals surface area contributed by atoms with E-state index >= 15 is 0 Å². The Morgan fingerprint density at radius 3 is 2.53 bits per heavy atom. The van der Waals surface area contributed by atoms with Gasteiger partial charge in [0.1, 0.15) is 6.29 Å². The molecule has 0 radical (unpaired) electrons. The van der Waals surface area contributed by atoms with E-state index in [1.165, 1.54) is 0 Å². The van der Waals surface area contributed by atoms with Gasteiger partial charge in [0, 0.05) is 5.56 Å². The van der Waals surface area contributed by atoms with Crippen LogP contribution in [0, 0.1) is 20.8 Å². The molecule has 0 atom stereocenters. The molecule has 0 N–H and O–H groups in total. The van der Waals surface area contributed by atoms with E-state index in [2.05, 4.69) is 5.10 Å². The summed E-state index contributed by atoms with van der Waals surface area (Å²) in [6.07, 6.45) is 0.830. The van der Waals surface area contributed by atoms with Gasteiger partial charge in [0.2, 0.25) is 0 Å². The van der Waals surface area contributed by atoms with Gasteiger partial charge in [0.25, 0.3) is 0 Å². The molecule has 4 heteroatoms. The molecule has 0 saturated heterocycles. The molecular formula is C13H13ClN2O. The monoisotopic (exact) mass is 248 g/mol. The van der Waals surface area contributed by atoms with Crippen LogP contribution >= 0.6 is 11.6 Å². The lowest BCUT2D eigenvalue weighted by Crippen LogP contribution is -2.02. The van der Waals surface area contributed by atoms with Crippen molar-refractivity contribution >= 4 is 17.9 Å². The van der Waals surface area contributed by atoms with Crippen molar-refractivity contribution in [2.24, 2.45) is 0 Å². The van der Waals surface area contributed by atoms with Gasteiger partial charge in [-0.05, 0) is 32.4 Å². The van der Waals surface area contributed by atoms with E-state index in [9.17, 15) is 4.79 Å². The van der Waals surface area contributed by atoms with Crippen LogP contribution < -0.4 is 0 Å². The number of rotatable bonds is 2. The van der Waals surface area contributed by atoms with Crippen LogP contribution in [-0.2, 0) is 0 Å². The number of benzene rings is 1. The Morgan fingerprint density at radius 2 is 2.00 bits per heavy atom. The molecule has 0 unspecified atom stereocenters. The quantitative estimate of drug-likeness (QED) is 0.765. The van der Waals surface area contributed by atoms with Crippen LogP contribution in [0.2, 0.25) is 5.02 Å². The average Bonchev–Trinajstić information content (AvgIpc) is 2.58. The fraction of sp³-hybridized carbons (Fsp3) is 0.231. The Balaban J connectivity index is 2.67. The smallest absolute Gasteiger partial charge is 0.150 e. The number of halogens is 1. The molecule has 1 aromatic heterocycles. The lowest BCUT2D eigenvalue weighted by molar-refractivity contribution is 0.112. The van der Waals surface area contributed by atoms with Gasteiger partial charge in [-0.3, -0.25) is 4.79 Å². The predicted molar refractivity (Wildman–Crippen MR) is 68.2 cm³/mol. The van der Waals surface area contributed by atoms with Crippen molar-refractivity contribution in [2.45, 2.75) is 20.8 Å². The van der Waals surface area contributed by atoms with Gasteiger partial charge in [-0.2, -0.15) is 5.10 Å². The highest BCUT2D eigenvalue weighted by Gasteiger charge is 2.12. The van der Waals surface area contributed by atoms with Gasteiger partial charge in [0.05, 0.1) is 22.1 Å². The molecule has 0 fully saturated rings. The van der Waals surface area contributed by atoms with E-state index in [0.29, 0.717) is 10.6 Å². The molecule has 1 heterocycles. The van der Waals surface area contributed by atoms with Gasteiger partial charge >= 0.3 is 0 Å². The van der Waals surface area contributed by atoms with Crippen LogP contribution in [0.1, 0.15) is 27.3 Å². The maximum atomic E-state index is 10.8. The third-order valence-corrected chi connectivity index (χ3v) is 3.35. The first-order valence-corrected chi connectivity index (χ1v) is 5.70. The van der Waals surface area contributed by atoms with Crippen molar-refractivity contribution in [3.8, 4) is 5.69 Å². The molecule has 0 aliphatic rings. The molecule has 1 aromatic carbocycles. The maximum Gasteiger partial charge on any atom is 0.150 e. The zero-order chi connectivity index (χ0) is 12.6. The normalized spacial score (nSPS) is 10.6. The molecule has 88 valence electrons. The first kappa shape index (κ1) is 11.9. The zero-order valence-electron chi connectivity index (χ0n) is 9.99. The molecule has 0 saturated carbocycles. The number of hydrogen-bond acceptors (Lipinski definition) is 2. The van der Waals surface area contributed by atoms with Gasteiger partial charge in [-0.15, -0.1) is 0 Å². The van der Waals surface area contributed by atoms with E-state index in [1.54, 1.807) is 10.7 Å². The average molecular weight is 249 g/mol. The molecule has 3 nitrogen and oxygen atoms in total. The van der Waals surface area contributed by atoms with Gasteiger partial charge in [-0.25, -0.2) is 4.68 Å². The van der Waals surface area contributed by atoms with Crippen molar-refractivity contribution < 1.29 is 4.79 Å². The Morgan fingerprint density at radius 1 is 1.29 bits per heavy atom. The van der Waals surface area contributed by atoms with E-state index in [0.717, 1.165) is 28.9 Å². The van der Waals surface area contributed by atoms with E-state index in [4.69, 9.17) is 11.6 Å². The predicted octanol–water partition coefficient (Wildman–Crippen LogP) is 3.26. The second-order valence-corrected chi connectivity index (χ2v) is 4.44. The molecule has 0 aliphatic carbocycles. The van der Waals surface area contributed by atoms with E-state index in [-0.39, 0.29) is 0 Å². The lowest BCUT2D eigenvalue weighted by atomic mass is 10.1. The summed E-state index contributed by atoms with van der Waals surface area (Å²) in [5, 5.41) is 5.05. The van der Waals surface area contributed by atoms with Crippen molar-refractivity contribution in [1.82, 2.24) is 9.78 Å². The number of aldehydes is 1. The van der Waals surface area contributed by atoms with Crippen LogP contribution in [0.25, 0.3) is 5.69 Å². The van der Waals surface area contributed by atoms with Crippen LogP contribution in [-0.4, -0.2) is 16.1 Å². The summed E-state index contributed by atoms with van der Waals surface area (Å²) in [7, 11) is 0. The molecule has 2 rings (SSSR count). The van der Waals surface area contributed by atoms with Crippen molar-refractivity contribution in [2.75, 3.05) is 0 Å². The summed E-state index contributed by atoms with van der Waals surface area (Å²) in [6, 6.07) is 5.51. The van der Waals surface area contributed by atoms with Crippen LogP contribution in [0.4, 0.5) is 0 Å². The second kappa shape index (κ2) is 4.34. The fourth-order valence-corrected chi connectivity index (χ4v) is 1.90. The van der Waals surface area contributed by atoms with Crippen LogP contribution in [0.5, 0.6) is 0 Å². The number of carbonyl (C=O) groups excluding carboxylic acids is 1. The highest BCUT2D eigenvalue weighted by atomic mass is 35.5. The first-order chi connectivity index (χ1) is 8.04. The molecule has 2 aromatic rings. The summed E-state index contributed by atoms with van der Waals surface area (Å²) in [6.45, 7) is 5.76. The molecular weight excluding hydrogens is 236 g/mol. The molecule has 0 amide bonds. The summed E-state index contributed by atoms with van der Waals surface area (Å²) in [4.78, 5) is 10.8. The Hall–Kier alpha value is -1.61. The molecule has 0 bridgehead atoms. The zero-order valence-corrected chi connectivity index (χ0v) is 10.7. The first-order valence-electron chi connectivity index (χ1n) is 5.32. The van der Waals surface area contributed by atoms with Gasteiger partial charge < -0.3 is 0 Å². The fourth-order valence-electron chi connectivity index (χ4n) is 1.79. The summed E-state index contributed by atoms with van der Waals surface area (Å²) < 4.78 is 1.78. The Labute approximate surface area is 105 Å². The highest BCUT2D eigenvalue weighted by molar-refractivity contribution is 6.31. The Kier molecular flexibility index (Phi) is 3.03. The number of aromatic nitrogens is 2. The number of carbonyl (C=O) groups is 1. The summed E-state index contributed by atoms with van der Waals surface area (Å²) >= 11 is 6.12. The molecule has 0 spiro atoms. The van der Waals surface area contributed by atoms with Crippen molar-refractivity contribution in [1.29, 1.82) is 0 Å². The Bertz CT molecular complexity index is 587. The topological polar surface area (TPSA) is 34.9 Å². The largest absolute Gasteiger partial charge is 0.298 e. The molecule has 17 heavy (non-hydrogen) atoms. The second-order valence-electron chi connectivity index (χ2n) is 4.06. The SMILES string of the molecule is Cc1ccc(C=O)cc1-n1nc(C)c(Cl)c1C. The molecule has 0 aliphatic heterocycles. The standard InChI is InChI=1S/C13H13ClN2O/c1-8-4-5-11(7-17)6-12(8)16-10(3)13(14)9(2)15-16/h4-7H,1-3H3. The maximum absolute atomic E-state index is 10.8. The third kappa shape index (κ3) is 1.98. The van der Waals surface area contributed by atoms with Gasteiger partial charge in [0.15, 0.2) is 0 Å². The minimum Gasteiger partial charge on any atom is -0.298 e. The third-order valence-electron chi connectivity index (χ3n) is 2.80. The van der Waals surface area contributed by atoms with Crippen LogP contribution in [0.3, 0.4) is 0 Å². The van der Waals surface area contributed by atoms with E-state index in [1.807, 2.05) is 32.9 Å². The summed E-state index contributed by atoms with van der Waals surface area (Å²) in [5.74, 6) is 0. The van der Waals surface area contributed by atoms with Crippen LogP contribution in [0.15, 0.2) is 18.2 Å². The summed E-state index contributed by atoms with van der Waals surface area (Å²) in [5.41, 5.74) is 4.25. The minimum absolute atomic E-state index is 0.634. The number of nitrogens with zero attached hydrogens (tertiary/aromatic N) is 2. The lowest BCUT2D eigenvalue weighted by Gasteiger charge is -2.08. The van der Waals surface area contributed by atoms with E-state index < -0.39 is 0 Å². The highest BCUT2D eigenvalue weighted by Crippen LogP contribution is 2.24. The number of aryl methyl sites for hydroxylation is 2. The number of hydrogen-bond donors (Lipinski definition) is 0. The van der Waals surface area contributed by atoms with Crippen molar-refractivity contribution in [3.05, 3.63) is 45.7 Å². The minimum atomic E-state index is 0.634. The van der Waals surface area contributed by atoms with Gasteiger partial charge in [-0.1, -0.05) is 23.7 Å². The van der Waals surface area contributed by atoms with Crippen molar-refractivity contribution in [3.63, 3.8) is 0 Å².